The Hall–Kier alpha value is -5.52. The Morgan fingerprint density at radius 1 is 0.417 bits per heavy atom. The molecule has 0 amide bonds. The van der Waals surface area contributed by atoms with Gasteiger partial charge in [-0.3, -0.25) is 0 Å². The molecule has 6 aromatic rings. The van der Waals surface area contributed by atoms with Crippen LogP contribution in [-0.2, 0) is 30.1 Å². The van der Waals surface area contributed by atoms with Gasteiger partial charge in [0.05, 0.1) is 0 Å². The lowest BCUT2D eigenvalue weighted by Crippen LogP contribution is -2.59. The summed E-state index contributed by atoms with van der Waals surface area (Å²) in [4.78, 5) is 0. The van der Waals surface area contributed by atoms with Gasteiger partial charge in [0.1, 0.15) is 40.6 Å². The normalized spacial score (nSPS) is 17.9. The van der Waals surface area contributed by atoms with E-state index in [0.717, 1.165) is 33.4 Å². The maximum atomic E-state index is 7.60. The van der Waals surface area contributed by atoms with E-state index in [0.29, 0.717) is 0 Å². The molecule has 1 aliphatic rings. The minimum Gasteiger partial charge on any atom is -0.429 e. The molecule has 0 saturated carbocycles. The molecule has 0 spiro atoms. The van der Waals surface area contributed by atoms with Gasteiger partial charge in [0.2, 0.25) is 11.2 Å². The van der Waals surface area contributed by atoms with Crippen LogP contribution in [0.15, 0.2) is 182 Å². The van der Waals surface area contributed by atoms with E-state index in [1.54, 1.807) is 0 Å². The van der Waals surface area contributed by atoms with Gasteiger partial charge in [-0.1, -0.05) is 233 Å². The number of hydrogen-bond donors (Lipinski definition) is 0. The fraction of sp³-hybridized carbons (Fsp3) is 0.226. The molecule has 0 aliphatic carbocycles. The van der Waals surface area contributed by atoms with E-state index in [-0.39, 0.29) is 18.5 Å². The van der Waals surface area contributed by atoms with Crippen molar-refractivity contribution in [3.05, 3.63) is 215 Å². The first kappa shape index (κ1) is 42.6. The number of benzene rings is 6. The van der Waals surface area contributed by atoms with Crippen molar-refractivity contribution >= 4 is 33.6 Å². The fourth-order valence-electron chi connectivity index (χ4n) is 7.62. The molecule has 7 rings (SSSR count). The highest BCUT2D eigenvalue weighted by Crippen LogP contribution is 2.47. The Bertz CT molecular complexity index is 2110. The molecule has 1 aliphatic heterocycles. The van der Waals surface area contributed by atoms with Crippen LogP contribution in [0.3, 0.4) is 0 Å². The summed E-state index contributed by atoms with van der Waals surface area (Å²) in [6.45, 7) is 13.1. The molecule has 7 heteroatoms. The molecule has 0 radical (unpaired) electrons. The zero-order chi connectivity index (χ0) is 42.3. The second-order valence-corrected chi connectivity index (χ2v) is 27.1. The van der Waals surface area contributed by atoms with Crippen LogP contribution in [0.1, 0.15) is 33.4 Å². The highest BCUT2D eigenvalue weighted by molar-refractivity contribution is 7.79. The number of rotatable bonds is 12. The molecule has 60 heavy (non-hydrogen) atoms. The summed E-state index contributed by atoms with van der Waals surface area (Å²) in [5, 5.41) is -0.0496. The van der Waals surface area contributed by atoms with Crippen LogP contribution in [0.4, 0.5) is 0 Å². The van der Waals surface area contributed by atoms with E-state index in [1.165, 1.54) is 0 Å². The average molecular weight is 841 g/mol. The van der Waals surface area contributed by atoms with Gasteiger partial charge in [0.25, 0.3) is 0 Å². The van der Waals surface area contributed by atoms with Crippen molar-refractivity contribution in [3.8, 4) is 22.9 Å². The molecule has 0 unspecified atom stereocenters. The average Bonchev–Trinajstić information content (AvgIpc) is 3.55. The van der Waals surface area contributed by atoms with Gasteiger partial charge in [0, 0.05) is 12.2 Å². The minimum atomic E-state index is -2.08. The van der Waals surface area contributed by atoms with Gasteiger partial charge in [0.15, 0.2) is 0 Å². The predicted octanol–water partition coefficient (Wildman–Crippen LogP) is 11.6. The molecule has 1 saturated heterocycles. The summed E-state index contributed by atoms with van der Waals surface area (Å²) >= 11 is 5.94. The van der Waals surface area contributed by atoms with Crippen molar-refractivity contribution in [3.63, 3.8) is 0 Å². The largest absolute Gasteiger partial charge is 0.429 e. The van der Waals surface area contributed by atoms with E-state index in [2.05, 4.69) is 135 Å². The second-order valence-electron chi connectivity index (χ2n) is 17.2. The zero-order valence-corrected chi connectivity index (χ0v) is 38.1. The van der Waals surface area contributed by atoms with Crippen molar-refractivity contribution in [2.75, 3.05) is 13.2 Å². The zero-order valence-electron chi connectivity index (χ0n) is 35.3. The Kier molecular flexibility index (Phi) is 12.5. The highest BCUT2D eigenvalue weighted by atomic mass is 32.1. The van der Waals surface area contributed by atoms with Crippen LogP contribution in [0.2, 0.25) is 39.3 Å². The van der Waals surface area contributed by atoms with Gasteiger partial charge < -0.3 is 18.9 Å². The van der Waals surface area contributed by atoms with E-state index >= 15 is 0 Å². The molecule has 0 bridgehead atoms. The summed E-state index contributed by atoms with van der Waals surface area (Å²) in [6.07, 6.45) is 0. The first-order valence-corrected chi connectivity index (χ1v) is 27.8. The van der Waals surface area contributed by atoms with E-state index in [4.69, 9.17) is 31.2 Å². The third-order valence-electron chi connectivity index (χ3n) is 10.5. The van der Waals surface area contributed by atoms with Crippen molar-refractivity contribution in [1.82, 2.24) is 0 Å². The fourth-order valence-corrected chi connectivity index (χ4v) is 9.06. The van der Waals surface area contributed by atoms with Crippen molar-refractivity contribution < 1.29 is 18.9 Å². The Labute approximate surface area is 363 Å². The number of hydrogen-bond acceptors (Lipinski definition) is 5. The molecular formula is C53H52O4SSi2. The summed E-state index contributed by atoms with van der Waals surface area (Å²) in [6, 6.07) is 61.8. The van der Waals surface area contributed by atoms with E-state index in [1.807, 2.05) is 109 Å². The lowest BCUT2D eigenvalue weighted by Gasteiger charge is -2.42. The van der Waals surface area contributed by atoms with Crippen LogP contribution in [0.5, 0.6) is 0 Å². The third-order valence-corrected chi connectivity index (χ3v) is 12.4. The maximum absolute atomic E-state index is 7.60. The first-order chi connectivity index (χ1) is 28.8. The van der Waals surface area contributed by atoms with Gasteiger partial charge >= 0.3 is 5.24 Å². The summed E-state index contributed by atoms with van der Waals surface area (Å²) < 4.78 is 28.9. The van der Waals surface area contributed by atoms with Gasteiger partial charge in [-0.15, -0.1) is 11.1 Å². The maximum Gasteiger partial charge on any atom is 0.355 e. The molecule has 4 nitrogen and oxygen atoms in total. The number of ether oxygens (including phenoxy) is 4. The Morgan fingerprint density at radius 3 is 0.833 bits per heavy atom. The standard InChI is InChI=1S/C53H52O4SSi2/c1-59(2,3)39-37-50(41-54-52(43-25-13-7-14-26-43,44-27-15-8-16-28-44)45-29-17-9-18-30-45)51(57-49(58)56-50,38-40-60(4,5)6)42-55-53(46-31-19-10-20-32-46,47-33-21-11-22-34-47)48-35-23-12-24-36-48/h7-36H,41-42H2,1-6H3/t50-,51+. The van der Waals surface area contributed by atoms with Crippen LogP contribution in [0, 0.1) is 22.9 Å². The quantitative estimate of drug-likeness (QED) is 0.0531. The topological polar surface area (TPSA) is 36.9 Å². The lowest BCUT2D eigenvalue weighted by molar-refractivity contribution is -0.119. The second kappa shape index (κ2) is 17.6. The van der Waals surface area contributed by atoms with Gasteiger partial charge in [-0.25, -0.2) is 0 Å². The molecule has 1 heterocycles. The van der Waals surface area contributed by atoms with Crippen LogP contribution >= 0.6 is 12.2 Å². The summed E-state index contributed by atoms with van der Waals surface area (Å²) in [5.41, 5.74) is 7.75. The monoisotopic (exact) mass is 840 g/mol. The van der Waals surface area contributed by atoms with Crippen LogP contribution in [-0.4, -0.2) is 45.8 Å². The molecule has 6 aromatic carbocycles. The Balaban J connectivity index is 1.48. The van der Waals surface area contributed by atoms with Crippen molar-refractivity contribution in [2.45, 2.75) is 61.7 Å². The SMILES string of the molecule is C[Si](C)(C)C#C[C@]1(COC(c2ccccc2)(c2ccccc2)c2ccccc2)OC(=S)O[C@@]1(C#C[Si](C)(C)C)COC(c1ccccc1)(c1ccccc1)c1ccccc1. The highest BCUT2D eigenvalue weighted by Gasteiger charge is 2.64. The van der Waals surface area contributed by atoms with Crippen molar-refractivity contribution in [1.29, 1.82) is 0 Å². The molecule has 0 N–H and O–H groups in total. The number of thiocarbonyl (C=S) groups is 1. The van der Waals surface area contributed by atoms with Crippen LogP contribution in [0.25, 0.3) is 0 Å². The van der Waals surface area contributed by atoms with E-state index in [9.17, 15) is 0 Å². The minimum absolute atomic E-state index is 0.0496. The third kappa shape index (κ3) is 8.83. The lowest BCUT2D eigenvalue weighted by atomic mass is 9.78. The van der Waals surface area contributed by atoms with Crippen molar-refractivity contribution in [2.24, 2.45) is 0 Å². The van der Waals surface area contributed by atoms with E-state index < -0.39 is 38.6 Å². The summed E-state index contributed by atoms with van der Waals surface area (Å²) in [7, 11) is -4.15. The smallest absolute Gasteiger partial charge is 0.355 e. The van der Waals surface area contributed by atoms with Crippen LogP contribution < -0.4 is 0 Å². The van der Waals surface area contributed by atoms with Gasteiger partial charge in [-0.2, -0.15) is 0 Å². The Morgan fingerprint density at radius 2 is 0.633 bits per heavy atom. The molecule has 2 atom stereocenters. The first-order valence-electron chi connectivity index (χ1n) is 20.4. The molecular weight excluding hydrogens is 789 g/mol. The predicted molar refractivity (Wildman–Crippen MR) is 253 cm³/mol. The summed E-state index contributed by atoms with van der Waals surface area (Å²) in [5.74, 6) is 7.32. The molecule has 0 aromatic heterocycles. The molecule has 302 valence electrons. The van der Waals surface area contributed by atoms with Gasteiger partial charge in [-0.05, 0) is 33.4 Å². The molecule has 1 fully saturated rings.